The third-order valence-electron chi connectivity index (χ3n) is 6.10. The van der Waals surface area contributed by atoms with E-state index in [2.05, 4.69) is 0 Å². The first kappa shape index (κ1) is 23.9. The SMILES string of the molecule is Cn1cc(S(=O)(=O)N2CCCC2)cc1C(=O)N1CCCN(S(=O)(=O)c2ccc(F)cc2)CC1. The second-order valence-electron chi connectivity index (χ2n) is 8.29. The highest BCUT2D eigenvalue weighted by atomic mass is 32.2. The van der Waals surface area contributed by atoms with Gasteiger partial charge in [-0.15, -0.1) is 0 Å². The molecule has 180 valence electrons. The van der Waals surface area contributed by atoms with Crippen molar-refractivity contribution in [2.75, 3.05) is 39.3 Å². The Morgan fingerprint density at radius 1 is 0.788 bits per heavy atom. The van der Waals surface area contributed by atoms with Crippen LogP contribution in [0.3, 0.4) is 0 Å². The Morgan fingerprint density at radius 2 is 1.36 bits per heavy atom. The molecule has 0 saturated carbocycles. The highest BCUT2D eigenvalue weighted by Gasteiger charge is 2.32. The van der Waals surface area contributed by atoms with E-state index in [0.717, 1.165) is 25.0 Å². The number of aryl methyl sites for hydroxylation is 1. The molecule has 33 heavy (non-hydrogen) atoms. The lowest BCUT2D eigenvalue weighted by Gasteiger charge is -2.22. The van der Waals surface area contributed by atoms with Gasteiger partial charge < -0.3 is 9.47 Å². The van der Waals surface area contributed by atoms with Crippen LogP contribution in [-0.4, -0.2) is 80.1 Å². The third kappa shape index (κ3) is 4.70. The van der Waals surface area contributed by atoms with E-state index in [-0.39, 0.29) is 41.0 Å². The normalized spacial score (nSPS) is 19.0. The maximum absolute atomic E-state index is 13.2. The van der Waals surface area contributed by atoms with E-state index in [0.29, 0.717) is 26.1 Å². The van der Waals surface area contributed by atoms with E-state index < -0.39 is 25.9 Å². The monoisotopic (exact) mass is 498 g/mol. The minimum atomic E-state index is -3.81. The van der Waals surface area contributed by atoms with Crippen LogP contribution in [-0.2, 0) is 27.1 Å². The first-order valence-corrected chi connectivity index (χ1v) is 13.7. The van der Waals surface area contributed by atoms with Gasteiger partial charge >= 0.3 is 0 Å². The van der Waals surface area contributed by atoms with Gasteiger partial charge in [0.15, 0.2) is 0 Å². The summed E-state index contributed by atoms with van der Waals surface area (Å²) < 4.78 is 69.0. The number of carbonyl (C=O) groups is 1. The maximum atomic E-state index is 13.2. The van der Waals surface area contributed by atoms with Crippen LogP contribution in [0.4, 0.5) is 4.39 Å². The van der Waals surface area contributed by atoms with Crippen molar-refractivity contribution in [3.63, 3.8) is 0 Å². The third-order valence-corrected chi connectivity index (χ3v) is 9.87. The summed E-state index contributed by atoms with van der Waals surface area (Å²) in [5.41, 5.74) is 0.239. The van der Waals surface area contributed by atoms with E-state index in [1.54, 1.807) is 11.9 Å². The Hall–Kier alpha value is -2.28. The molecule has 2 fully saturated rings. The standard InChI is InChI=1S/C21H27FN4O5S2/c1-23-16-19(33(30,31)25-10-2-3-11-25)15-20(23)21(27)24-9-4-12-26(14-13-24)32(28,29)18-7-5-17(22)6-8-18/h5-8,15-16H,2-4,9-14H2,1H3. The van der Waals surface area contributed by atoms with Crippen LogP contribution in [0.2, 0.25) is 0 Å². The first-order chi connectivity index (χ1) is 15.6. The lowest BCUT2D eigenvalue weighted by Crippen LogP contribution is -2.37. The van der Waals surface area contributed by atoms with Crippen LogP contribution in [0.5, 0.6) is 0 Å². The first-order valence-electron chi connectivity index (χ1n) is 10.8. The predicted octanol–water partition coefficient (Wildman–Crippen LogP) is 1.49. The molecular formula is C21H27FN4O5S2. The van der Waals surface area contributed by atoms with Gasteiger partial charge in [-0.2, -0.15) is 8.61 Å². The van der Waals surface area contributed by atoms with Gasteiger partial charge in [0.1, 0.15) is 16.4 Å². The van der Waals surface area contributed by atoms with Gasteiger partial charge in [-0.25, -0.2) is 21.2 Å². The van der Waals surface area contributed by atoms with E-state index >= 15 is 0 Å². The van der Waals surface area contributed by atoms with Gasteiger partial charge in [-0.3, -0.25) is 4.79 Å². The van der Waals surface area contributed by atoms with Crippen molar-refractivity contribution < 1.29 is 26.0 Å². The zero-order valence-corrected chi connectivity index (χ0v) is 20.0. The maximum Gasteiger partial charge on any atom is 0.270 e. The summed E-state index contributed by atoms with van der Waals surface area (Å²) in [6.07, 6.45) is 3.52. The van der Waals surface area contributed by atoms with Crippen LogP contribution in [0, 0.1) is 5.82 Å². The molecule has 0 unspecified atom stereocenters. The zero-order valence-electron chi connectivity index (χ0n) is 18.4. The second kappa shape index (κ2) is 9.16. The van der Waals surface area contributed by atoms with E-state index in [9.17, 15) is 26.0 Å². The summed E-state index contributed by atoms with van der Waals surface area (Å²) >= 11 is 0. The van der Waals surface area contributed by atoms with Gasteiger partial charge in [0.2, 0.25) is 20.0 Å². The molecule has 1 aromatic heterocycles. The van der Waals surface area contributed by atoms with E-state index in [1.165, 1.54) is 37.6 Å². The Kier molecular flexibility index (Phi) is 6.63. The molecule has 0 radical (unpaired) electrons. The second-order valence-corrected chi connectivity index (χ2v) is 12.2. The highest BCUT2D eigenvalue weighted by Crippen LogP contribution is 2.24. The molecule has 2 aliphatic heterocycles. The fourth-order valence-electron chi connectivity index (χ4n) is 4.22. The average molecular weight is 499 g/mol. The van der Waals surface area contributed by atoms with Crippen molar-refractivity contribution in [2.24, 2.45) is 7.05 Å². The van der Waals surface area contributed by atoms with Crippen molar-refractivity contribution in [1.82, 2.24) is 18.1 Å². The van der Waals surface area contributed by atoms with Crippen molar-refractivity contribution in [2.45, 2.75) is 29.1 Å². The molecule has 12 heteroatoms. The summed E-state index contributed by atoms with van der Waals surface area (Å²) in [6.45, 7) is 1.78. The van der Waals surface area contributed by atoms with Gasteiger partial charge in [-0.1, -0.05) is 0 Å². The van der Waals surface area contributed by atoms with Crippen LogP contribution < -0.4 is 0 Å². The van der Waals surface area contributed by atoms with Crippen LogP contribution in [0.25, 0.3) is 0 Å². The van der Waals surface area contributed by atoms with E-state index in [1.807, 2.05) is 0 Å². The van der Waals surface area contributed by atoms with Crippen LogP contribution in [0.1, 0.15) is 29.8 Å². The summed E-state index contributed by atoms with van der Waals surface area (Å²) in [4.78, 5) is 14.8. The average Bonchev–Trinajstić information content (AvgIpc) is 3.38. The number of rotatable bonds is 5. The van der Waals surface area contributed by atoms with Crippen molar-refractivity contribution in [3.8, 4) is 0 Å². The number of amides is 1. The van der Waals surface area contributed by atoms with Gasteiger partial charge in [0.25, 0.3) is 5.91 Å². The van der Waals surface area contributed by atoms with Crippen LogP contribution >= 0.6 is 0 Å². The number of halogens is 1. The van der Waals surface area contributed by atoms with Crippen LogP contribution in [0.15, 0.2) is 46.3 Å². The number of benzene rings is 1. The lowest BCUT2D eigenvalue weighted by molar-refractivity contribution is 0.0754. The Labute approximate surface area is 193 Å². The smallest absolute Gasteiger partial charge is 0.270 e. The Balaban J connectivity index is 1.49. The minimum Gasteiger partial charge on any atom is -0.345 e. The van der Waals surface area contributed by atoms with Gasteiger partial charge in [0, 0.05) is 52.5 Å². The van der Waals surface area contributed by atoms with Crippen molar-refractivity contribution in [3.05, 3.63) is 48.0 Å². The molecule has 0 bridgehead atoms. The van der Waals surface area contributed by atoms with Gasteiger partial charge in [-0.05, 0) is 49.6 Å². The molecule has 0 N–H and O–H groups in total. The molecule has 9 nitrogen and oxygen atoms in total. The van der Waals surface area contributed by atoms with Gasteiger partial charge in [0.05, 0.1) is 4.90 Å². The molecule has 3 heterocycles. The number of hydrogen-bond donors (Lipinski definition) is 0. The number of nitrogens with zero attached hydrogens (tertiary/aromatic N) is 4. The molecular weight excluding hydrogens is 471 g/mol. The molecule has 4 rings (SSSR count). The quantitative estimate of drug-likeness (QED) is 0.622. The largest absolute Gasteiger partial charge is 0.345 e. The topological polar surface area (TPSA) is 100 Å². The summed E-state index contributed by atoms with van der Waals surface area (Å²) in [7, 11) is -5.83. The minimum absolute atomic E-state index is 0.00266. The molecule has 2 aliphatic rings. The lowest BCUT2D eigenvalue weighted by atomic mass is 10.3. The number of aromatic nitrogens is 1. The fourth-order valence-corrected chi connectivity index (χ4v) is 7.28. The molecule has 1 amide bonds. The molecule has 1 aromatic carbocycles. The molecule has 2 saturated heterocycles. The van der Waals surface area contributed by atoms with E-state index in [4.69, 9.17) is 0 Å². The Morgan fingerprint density at radius 3 is 2.03 bits per heavy atom. The number of sulfonamides is 2. The molecule has 0 spiro atoms. The van der Waals surface area contributed by atoms with Crippen molar-refractivity contribution in [1.29, 1.82) is 0 Å². The molecule has 0 aliphatic carbocycles. The molecule has 0 atom stereocenters. The summed E-state index contributed by atoms with van der Waals surface area (Å²) in [6, 6.07) is 6.05. The Bertz CT molecular complexity index is 1240. The zero-order chi connectivity index (χ0) is 23.8. The number of hydrogen-bond acceptors (Lipinski definition) is 5. The molecule has 2 aromatic rings. The fraction of sp³-hybridized carbons (Fsp3) is 0.476. The predicted molar refractivity (Wildman–Crippen MR) is 119 cm³/mol. The number of carbonyl (C=O) groups excluding carboxylic acids is 1. The highest BCUT2D eigenvalue weighted by molar-refractivity contribution is 7.89. The van der Waals surface area contributed by atoms with Crippen molar-refractivity contribution >= 4 is 26.0 Å². The summed E-state index contributed by atoms with van der Waals surface area (Å²) in [5, 5.41) is 0. The summed E-state index contributed by atoms with van der Waals surface area (Å²) in [5.74, 6) is -0.864.